The molecule has 1 aromatic rings. The summed E-state index contributed by atoms with van der Waals surface area (Å²) in [5.41, 5.74) is 1.64. The van der Waals surface area contributed by atoms with Crippen molar-refractivity contribution in [3.63, 3.8) is 0 Å². The summed E-state index contributed by atoms with van der Waals surface area (Å²) in [6, 6.07) is 8.02. The molecule has 1 fully saturated rings. The van der Waals surface area contributed by atoms with Gasteiger partial charge in [-0.2, -0.15) is 17.0 Å². The van der Waals surface area contributed by atoms with E-state index in [4.69, 9.17) is 5.26 Å². The van der Waals surface area contributed by atoms with Gasteiger partial charge in [-0.15, -0.1) is 0 Å². The molecular formula is C13H15BrN2S. The minimum absolute atomic E-state index is 0.389. The number of nitriles is 1. The maximum absolute atomic E-state index is 9.08. The maximum Gasteiger partial charge on any atom is 0.101 e. The van der Waals surface area contributed by atoms with Gasteiger partial charge in [-0.05, 0) is 37.3 Å². The van der Waals surface area contributed by atoms with E-state index < -0.39 is 0 Å². The smallest absolute Gasteiger partial charge is 0.101 e. The lowest BCUT2D eigenvalue weighted by molar-refractivity contribution is 0.380. The number of hydrogen-bond acceptors (Lipinski definition) is 3. The van der Waals surface area contributed by atoms with Gasteiger partial charge in [0.2, 0.25) is 0 Å². The monoisotopic (exact) mass is 310 g/mol. The van der Waals surface area contributed by atoms with Crippen LogP contribution in [0.25, 0.3) is 0 Å². The Hall–Kier alpha value is -0.660. The highest BCUT2D eigenvalue weighted by molar-refractivity contribution is 9.10. The summed E-state index contributed by atoms with van der Waals surface area (Å²) >= 11 is 5.32. The number of thioether (sulfide) groups is 1. The fourth-order valence-electron chi connectivity index (χ4n) is 2.04. The first-order valence-electron chi connectivity index (χ1n) is 5.68. The van der Waals surface area contributed by atoms with Crippen molar-refractivity contribution < 1.29 is 0 Å². The van der Waals surface area contributed by atoms with Crippen molar-refractivity contribution in [2.75, 3.05) is 18.1 Å². The molecule has 2 rings (SSSR count). The molecular weight excluding hydrogens is 296 g/mol. The third-order valence-corrected chi connectivity index (χ3v) is 5.31. The second-order valence-corrected chi connectivity index (χ2v) is 6.59. The van der Waals surface area contributed by atoms with Crippen LogP contribution in [-0.2, 0) is 0 Å². The van der Waals surface area contributed by atoms with Crippen LogP contribution in [-0.4, -0.2) is 17.5 Å². The molecule has 2 nitrogen and oxygen atoms in total. The summed E-state index contributed by atoms with van der Waals surface area (Å²) in [4.78, 5) is 0. The number of benzene rings is 1. The molecule has 1 aliphatic carbocycles. The molecule has 0 spiro atoms. The van der Waals surface area contributed by atoms with Crippen molar-refractivity contribution in [3.05, 3.63) is 28.2 Å². The van der Waals surface area contributed by atoms with Gasteiger partial charge >= 0.3 is 0 Å². The molecule has 1 N–H and O–H groups in total. The van der Waals surface area contributed by atoms with Crippen molar-refractivity contribution in [2.24, 2.45) is 0 Å². The Bertz CT molecular complexity index is 444. The number of anilines is 1. The van der Waals surface area contributed by atoms with Gasteiger partial charge in [-0.3, -0.25) is 0 Å². The van der Waals surface area contributed by atoms with Gasteiger partial charge in [-0.25, -0.2) is 0 Å². The zero-order chi connectivity index (χ0) is 12.3. The third-order valence-electron chi connectivity index (χ3n) is 3.40. The topological polar surface area (TPSA) is 35.8 Å². The molecule has 1 aliphatic rings. The Kier molecular flexibility index (Phi) is 4.01. The molecule has 90 valence electrons. The molecule has 1 aromatic carbocycles. The van der Waals surface area contributed by atoms with E-state index in [-0.39, 0.29) is 0 Å². The molecule has 0 aliphatic heterocycles. The van der Waals surface area contributed by atoms with E-state index in [2.05, 4.69) is 33.6 Å². The van der Waals surface area contributed by atoms with Crippen LogP contribution in [0.2, 0.25) is 0 Å². The van der Waals surface area contributed by atoms with Crippen LogP contribution in [0.15, 0.2) is 22.7 Å². The second-order valence-electron chi connectivity index (χ2n) is 4.40. The highest BCUT2D eigenvalue weighted by Gasteiger charge is 2.35. The zero-order valence-corrected chi connectivity index (χ0v) is 12.2. The average molecular weight is 311 g/mol. The van der Waals surface area contributed by atoms with E-state index in [1.807, 2.05) is 30.0 Å². The van der Waals surface area contributed by atoms with Gasteiger partial charge < -0.3 is 5.32 Å². The zero-order valence-electron chi connectivity index (χ0n) is 9.79. The minimum Gasteiger partial charge on any atom is -0.383 e. The number of rotatable bonds is 4. The van der Waals surface area contributed by atoms with Crippen molar-refractivity contribution in [1.29, 1.82) is 5.26 Å². The average Bonchev–Trinajstić information content (AvgIpc) is 2.29. The molecule has 0 amide bonds. The van der Waals surface area contributed by atoms with Crippen LogP contribution in [0.1, 0.15) is 24.8 Å². The number of nitrogens with one attached hydrogen (secondary N) is 1. The molecule has 1 saturated carbocycles. The molecule has 0 unspecified atom stereocenters. The highest BCUT2D eigenvalue weighted by atomic mass is 79.9. The first-order valence-corrected chi connectivity index (χ1v) is 7.69. The molecule has 0 saturated heterocycles. The Balaban J connectivity index is 2.06. The van der Waals surface area contributed by atoms with Crippen LogP contribution < -0.4 is 5.32 Å². The van der Waals surface area contributed by atoms with Crippen molar-refractivity contribution in [2.45, 2.75) is 24.0 Å². The van der Waals surface area contributed by atoms with Crippen LogP contribution >= 0.6 is 27.7 Å². The molecule has 17 heavy (non-hydrogen) atoms. The number of nitrogens with zero attached hydrogens (tertiary/aromatic N) is 1. The first kappa shape index (κ1) is 12.8. The van der Waals surface area contributed by atoms with Crippen LogP contribution in [0.3, 0.4) is 0 Å². The lowest BCUT2D eigenvalue weighted by Crippen LogP contribution is -2.40. The summed E-state index contributed by atoms with van der Waals surface area (Å²) in [6.45, 7) is 0.949. The van der Waals surface area contributed by atoms with Gasteiger partial charge in [0.1, 0.15) is 6.07 Å². The van der Waals surface area contributed by atoms with Gasteiger partial charge in [0.05, 0.1) is 11.3 Å². The van der Waals surface area contributed by atoms with E-state index in [1.54, 1.807) is 0 Å². The summed E-state index contributed by atoms with van der Waals surface area (Å²) in [5, 5.41) is 12.5. The van der Waals surface area contributed by atoms with Gasteiger partial charge in [-0.1, -0.05) is 22.4 Å². The van der Waals surface area contributed by atoms with Crippen molar-refractivity contribution >= 4 is 33.4 Å². The van der Waals surface area contributed by atoms with Gasteiger partial charge in [0, 0.05) is 15.8 Å². The summed E-state index contributed by atoms with van der Waals surface area (Å²) in [5.74, 6) is 0. The third kappa shape index (κ3) is 2.78. The number of halogens is 1. The molecule has 0 radical (unpaired) electrons. The van der Waals surface area contributed by atoms with Gasteiger partial charge in [0.25, 0.3) is 0 Å². The quantitative estimate of drug-likeness (QED) is 0.912. The lowest BCUT2D eigenvalue weighted by Gasteiger charge is -2.40. The molecule has 4 heteroatoms. The van der Waals surface area contributed by atoms with Crippen molar-refractivity contribution in [1.82, 2.24) is 0 Å². The molecule has 0 heterocycles. The van der Waals surface area contributed by atoms with Crippen LogP contribution in [0.4, 0.5) is 5.69 Å². The van der Waals surface area contributed by atoms with E-state index in [1.165, 1.54) is 19.3 Å². The summed E-state index contributed by atoms with van der Waals surface area (Å²) in [7, 11) is 0. The molecule has 0 atom stereocenters. The lowest BCUT2D eigenvalue weighted by atomic mass is 9.84. The van der Waals surface area contributed by atoms with Gasteiger partial charge in [0.15, 0.2) is 0 Å². The Morgan fingerprint density at radius 2 is 2.29 bits per heavy atom. The fraction of sp³-hybridized carbons (Fsp3) is 0.462. The standard InChI is InChI=1S/C13H15BrN2S/c1-17-13(5-2-6-13)9-16-12-4-3-11(14)7-10(12)8-15/h3-4,7,16H,2,5-6,9H2,1H3. The van der Waals surface area contributed by atoms with E-state index in [0.29, 0.717) is 10.3 Å². The Morgan fingerprint density at radius 1 is 1.53 bits per heavy atom. The van der Waals surface area contributed by atoms with E-state index in [0.717, 1.165) is 16.7 Å². The Labute approximate surface area is 115 Å². The van der Waals surface area contributed by atoms with E-state index >= 15 is 0 Å². The number of hydrogen-bond donors (Lipinski definition) is 1. The second kappa shape index (κ2) is 5.32. The van der Waals surface area contributed by atoms with Crippen LogP contribution in [0.5, 0.6) is 0 Å². The van der Waals surface area contributed by atoms with Crippen molar-refractivity contribution in [3.8, 4) is 6.07 Å². The maximum atomic E-state index is 9.08. The SMILES string of the molecule is CSC1(CNc2ccc(Br)cc2C#N)CCC1. The predicted molar refractivity (Wildman–Crippen MR) is 77.4 cm³/mol. The molecule has 0 aromatic heterocycles. The van der Waals surface area contributed by atoms with E-state index in [9.17, 15) is 0 Å². The Morgan fingerprint density at radius 3 is 2.82 bits per heavy atom. The minimum atomic E-state index is 0.389. The normalized spacial score (nSPS) is 17.0. The summed E-state index contributed by atoms with van der Waals surface area (Å²) in [6.07, 6.45) is 6.06. The van der Waals surface area contributed by atoms with Crippen LogP contribution in [0, 0.1) is 11.3 Å². The fourth-order valence-corrected chi connectivity index (χ4v) is 3.32. The highest BCUT2D eigenvalue weighted by Crippen LogP contribution is 2.42. The summed E-state index contributed by atoms with van der Waals surface area (Å²) < 4.78 is 1.34. The first-order chi connectivity index (χ1) is 8.19. The largest absolute Gasteiger partial charge is 0.383 e. The predicted octanol–water partition coefficient (Wildman–Crippen LogP) is 4.02. The molecule has 0 bridgehead atoms.